The van der Waals surface area contributed by atoms with Gasteiger partial charge in [-0.3, -0.25) is 25.4 Å². The zero-order valence-corrected chi connectivity index (χ0v) is 14.6. The minimum atomic E-state index is -0.185. The first-order valence-corrected chi connectivity index (χ1v) is 8.91. The van der Waals surface area contributed by atoms with Gasteiger partial charge in [0.05, 0.1) is 20.0 Å². The maximum atomic E-state index is 12.4. The minimum absolute atomic E-state index is 0.126. The molecular weight excluding hydrogens is 320 g/mol. The first kappa shape index (κ1) is 17.8. The standard InChI is InChI=1S/C18H26N4O3/c1-25-18(24)12-15-10-16(21-20-15)13-5-8-22(9-6-13)17(23)11-14-4-2-3-7-19-14/h2-4,7,13,15-16,20-21H,5-6,8-12H2,1H3. The normalized spacial score (nSPS) is 24.3. The number of hydrogen-bond donors (Lipinski definition) is 2. The van der Waals surface area contributed by atoms with Crippen LogP contribution in [0.25, 0.3) is 0 Å². The van der Waals surface area contributed by atoms with Crippen molar-refractivity contribution in [1.29, 1.82) is 0 Å². The van der Waals surface area contributed by atoms with Gasteiger partial charge in [-0.05, 0) is 37.3 Å². The van der Waals surface area contributed by atoms with Crippen LogP contribution in [0.1, 0.15) is 31.4 Å². The number of rotatable bonds is 5. The van der Waals surface area contributed by atoms with Crippen molar-refractivity contribution in [3.05, 3.63) is 30.1 Å². The number of piperidine rings is 1. The Hall–Kier alpha value is -1.99. The molecule has 2 unspecified atom stereocenters. The molecular formula is C18H26N4O3. The summed E-state index contributed by atoms with van der Waals surface area (Å²) < 4.78 is 4.73. The SMILES string of the molecule is COC(=O)CC1CC(C2CCN(C(=O)Cc3ccccn3)CC2)NN1. The number of nitrogens with one attached hydrogen (secondary N) is 2. The van der Waals surface area contributed by atoms with E-state index in [1.807, 2.05) is 23.1 Å². The lowest BCUT2D eigenvalue weighted by Crippen LogP contribution is -2.45. The van der Waals surface area contributed by atoms with Gasteiger partial charge >= 0.3 is 5.97 Å². The Morgan fingerprint density at radius 2 is 2.08 bits per heavy atom. The summed E-state index contributed by atoms with van der Waals surface area (Å²) in [4.78, 5) is 30.0. The Kier molecular flexibility index (Phi) is 5.99. The Morgan fingerprint density at radius 1 is 1.28 bits per heavy atom. The van der Waals surface area contributed by atoms with Gasteiger partial charge in [0.1, 0.15) is 0 Å². The number of ether oxygens (including phenoxy) is 1. The lowest BCUT2D eigenvalue weighted by atomic mass is 9.87. The van der Waals surface area contributed by atoms with Crippen molar-refractivity contribution in [3.63, 3.8) is 0 Å². The van der Waals surface area contributed by atoms with Gasteiger partial charge in [-0.15, -0.1) is 0 Å². The predicted octanol–water partition coefficient (Wildman–Crippen LogP) is 0.661. The highest BCUT2D eigenvalue weighted by Gasteiger charge is 2.34. The van der Waals surface area contributed by atoms with E-state index in [4.69, 9.17) is 4.74 Å². The molecule has 1 aromatic heterocycles. The third-order valence-electron chi connectivity index (χ3n) is 5.17. The van der Waals surface area contributed by atoms with E-state index in [-0.39, 0.29) is 17.9 Å². The molecule has 3 rings (SSSR count). The molecule has 2 saturated heterocycles. The molecule has 2 fully saturated rings. The van der Waals surface area contributed by atoms with Gasteiger partial charge in [0, 0.05) is 37.1 Å². The average molecular weight is 346 g/mol. The van der Waals surface area contributed by atoms with E-state index < -0.39 is 0 Å². The van der Waals surface area contributed by atoms with Crippen molar-refractivity contribution in [3.8, 4) is 0 Å². The van der Waals surface area contributed by atoms with Crippen molar-refractivity contribution < 1.29 is 14.3 Å². The summed E-state index contributed by atoms with van der Waals surface area (Å²) in [5.74, 6) is 0.488. The number of carbonyl (C=O) groups is 2. The highest BCUT2D eigenvalue weighted by atomic mass is 16.5. The number of pyridine rings is 1. The third-order valence-corrected chi connectivity index (χ3v) is 5.17. The Labute approximate surface area is 148 Å². The number of hydrogen-bond acceptors (Lipinski definition) is 6. The fraction of sp³-hybridized carbons (Fsp3) is 0.611. The van der Waals surface area contributed by atoms with Gasteiger partial charge < -0.3 is 9.64 Å². The fourth-order valence-corrected chi connectivity index (χ4v) is 3.70. The molecule has 3 heterocycles. The quantitative estimate of drug-likeness (QED) is 0.762. The lowest BCUT2D eigenvalue weighted by Gasteiger charge is -2.34. The Bertz CT molecular complexity index is 587. The molecule has 2 N–H and O–H groups in total. The molecule has 25 heavy (non-hydrogen) atoms. The number of likely N-dealkylation sites (tertiary alicyclic amines) is 1. The van der Waals surface area contributed by atoms with E-state index in [0.29, 0.717) is 24.8 Å². The van der Waals surface area contributed by atoms with Crippen LogP contribution in [-0.4, -0.2) is 54.0 Å². The van der Waals surface area contributed by atoms with Crippen molar-refractivity contribution in [2.75, 3.05) is 20.2 Å². The number of esters is 1. The van der Waals surface area contributed by atoms with E-state index in [1.54, 1.807) is 6.20 Å². The second-order valence-corrected chi connectivity index (χ2v) is 6.82. The zero-order chi connectivity index (χ0) is 17.6. The molecule has 7 nitrogen and oxygen atoms in total. The first-order valence-electron chi connectivity index (χ1n) is 8.91. The summed E-state index contributed by atoms with van der Waals surface area (Å²) in [6.45, 7) is 1.58. The number of methoxy groups -OCH3 is 1. The minimum Gasteiger partial charge on any atom is -0.469 e. The number of carbonyl (C=O) groups excluding carboxylic acids is 2. The van der Waals surface area contributed by atoms with Gasteiger partial charge in [-0.25, -0.2) is 0 Å². The van der Waals surface area contributed by atoms with Gasteiger partial charge in [-0.1, -0.05) is 6.07 Å². The topological polar surface area (TPSA) is 83.6 Å². The fourth-order valence-electron chi connectivity index (χ4n) is 3.70. The Morgan fingerprint density at radius 3 is 2.76 bits per heavy atom. The smallest absolute Gasteiger partial charge is 0.307 e. The molecule has 1 amide bonds. The van der Waals surface area contributed by atoms with Gasteiger partial charge in [0.25, 0.3) is 0 Å². The molecule has 0 aliphatic carbocycles. The molecule has 136 valence electrons. The number of amides is 1. The molecule has 0 spiro atoms. The molecule has 1 aromatic rings. The van der Waals surface area contributed by atoms with Crippen LogP contribution in [-0.2, 0) is 20.7 Å². The third kappa shape index (κ3) is 4.76. The number of hydrazine groups is 1. The van der Waals surface area contributed by atoms with Crippen molar-refractivity contribution in [2.45, 2.75) is 44.2 Å². The van der Waals surface area contributed by atoms with E-state index >= 15 is 0 Å². The molecule has 0 bridgehead atoms. The number of nitrogens with zero attached hydrogens (tertiary/aromatic N) is 2. The molecule has 7 heteroatoms. The van der Waals surface area contributed by atoms with E-state index in [1.165, 1.54) is 7.11 Å². The number of aromatic nitrogens is 1. The highest BCUT2D eigenvalue weighted by molar-refractivity contribution is 5.78. The van der Waals surface area contributed by atoms with Gasteiger partial charge in [0.2, 0.25) is 5.91 Å². The van der Waals surface area contributed by atoms with Crippen LogP contribution in [0.15, 0.2) is 24.4 Å². The summed E-state index contributed by atoms with van der Waals surface area (Å²) in [5, 5.41) is 0. The lowest BCUT2D eigenvalue weighted by molar-refractivity contribution is -0.141. The molecule has 0 radical (unpaired) electrons. The second-order valence-electron chi connectivity index (χ2n) is 6.82. The van der Waals surface area contributed by atoms with Crippen LogP contribution >= 0.6 is 0 Å². The maximum Gasteiger partial charge on any atom is 0.307 e. The van der Waals surface area contributed by atoms with Crippen LogP contribution in [0.4, 0.5) is 0 Å². The van der Waals surface area contributed by atoms with Gasteiger partial charge in [-0.2, -0.15) is 0 Å². The summed E-state index contributed by atoms with van der Waals surface area (Å²) >= 11 is 0. The molecule has 2 aliphatic heterocycles. The van der Waals surface area contributed by atoms with Crippen molar-refractivity contribution in [1.82, 2.24) is 20.7 Å². The zero-order valence-electron chi connectivity index (χ0n) is 14.6. The summed E-state index contributed by atoms with van der Waals surface area (Å²) in [7, 11) is 1.42. The molecule has 2 atom stereocenters. The van der Waals surface area contributed by atoms with E-state index in [2.05, 4.69) is 15.8 Å². The van der Waals surface area contributed by atoms with Crippen LogP contribution < -0.4 is 10.9 Å². The van der Waals surface area contributed by atoms with E-state index in [9.17, 15) is 9.59 Å². The highest BCUT2D eigenvalue weighted by Crippen LogP contribution is 2.26. The second kappa shape index (κ2) is 8.40. The first-order chi connectivity index (χ1) is 12.2. The Balaban J connectivity index is 1.43. The maximum absolute atomic E-state index is 12.4. The molecule has 0 aromatic carbocycles. The summed E-state index contributed by atoms with van der Waals surface area (Å²) in [6, 6.07) is 6.13. The van der Waals surface area contributed by atoms with Gasteiger partial charge in [0.15, 0.2) is 0 Å². The largest absolute Gasteiger partial charge is 0.469 e. The van der Waals surface area contributed by atoms with Crippen LogP contribution in [0.3, 0.4) is 0 Å². The van der Waals surface area contributed by atoms with E-state index in [0.717, 1.165) is 38.0 Å². The van der Waals surface area contributed by atoms with Crippen molar-refractivity contribution >= 4 is 11.9 Å². The summed E-state index contributed by atoms with van der Waals surface area (Å²) in [5.41, 5.74) is 7.34. The monoisotopic (exact) mass is 346 g/mol. The van der Waals surface area contributed by atoms with Crippen LogP contribution in [0, 0.1) is 5.92 Å². The molecule has 0 saturated carbocycles. The summed E-state index contributed by atoms with van der Waals surface area (Å²) in [6.07, 6.45) is 5.37. The van der Waals surface area contributed by atoms with Crippen molar-refractivity contribution in [2.24, 2.45) is 5.92 Å². The molecule has 2 aliphatic rings. The predicted molar refractivity (Wildman–Crippen MR) is 92.3 cm³/mol. The average Bonchev–Trinajstić information content (AvgIpc) is 3.11. The van der Waals surface area contributed by atoms with Crippen LogP contribution in [0.5, 0.6) is 0 Å². The van der Waals surface area contributed by atoms with Crippen LogP contribution in [0.2, 0.25) is 0 Å².